The van der Waals surface area contributed by atoms with Gasteiger partial charge in [-0.15, -0.1) is 77.6 Å². The van der Waals surface area contributed by atoms with Crippen LogP contribution in [0.3, 0.4) is 0 Å². The molecule has 0 aromatic heterocycles. The van der Waals surface area contributed by atoms with Gasteiger partial charge in [0.05, 0.1) is 0 Å². The zero-order valence-corrected chi connectivity index (χ0v) is 16.6. The summed E-state index contributed by atoms with van der Waals surface area (Å²) in [7, 11) is 0. The monoisotopic (exact) mass is 412 g/mol. The molecule has 1 fully saturated rings. The largest absolute Gasteiger partial charge is 0.358 e. The lowest BCUT2D eigenvalue weighted by Crippen LogP contribution is -2.62. The Hall–Kier alpha value is 2.68. The average molecular weight is 416 g/mol. The Morgan fingerprint density at radius 2 is 1.12 bits per heavy atom. The number of rotatable bonds is 3. The van der Waals surface area contributed by atoms with Crippen molar-refractivity contribution in [3.05, 3.63) is 0 Å². The third-order valence-electron chi connectivity index (χ3n) is 2.89. The second-order valence-corrected chi connectivity index (χ2v) is 42.4. The third kappa shape index (κ3) is 3.41. The minimum atomic E-state index is -3.22. The fraction of sp³-hybridized carbons (Fsp3) is 1.00. The summed E-state index contributed by atoms with van der Waals surface area (Å²) in [4.78, 5) is 0. The molecule has 0 aliphatic heterocycles. The Bertz CT molecular complexity index is 245. The molecule has 1 aliphatic rings. The highest BCUT2D eigenvalue weighted by molar-refractivity contribution is 8.20. The highest BCUT2D eigenvalue weighted by Crippen LogP contribution is 2.54. The lowest BCUT2D eigenvalue weighted by molar-refractivity contribution is 0.500. The van der Waals surface area contributed by atoms with Crippen LogP contribution in [0.1, 0.15) is 32.1 Å². The van der Waals surface area contributed by atoms with E-state index in [4.69, 9.17) is 77.6 Å². The van der Waals surface area contributed by atoms with Gasteiger partial charge in [-0.25, -0.2) is 0 Å². The topological polar surface area (TPSA) is 0 Å². The average Bonchev–Trinajstić information content (AvgIpc) is 2.17. The maximum atomic E-state index is 6.47. The van der Waals surface area contributed by atoms with Gasteiger partial charge in [-0.2, -0.15) is 0 Å². The van der Waals surface area contributed by atoms with E-state index >= 15 is 0 Å². The van der Waals surface area contributed by atoms with Crippen LogP contribution in [0.5, 0.6) is 0 Å². The van der Waals surface area contributed by atoms with Crippen molar-refractivity contribution in [1.82, 2.24) is 0 Å². The molecule has 0 spiro atoms. The van der Waals surface area contributed by atoms with Crippen LogP contribution in [-0.2, 0) is 0 Å². The lowest BCUT2D eigenvalue weighted by atomic mass is 10.0. The van der Waals surface area contributed by atoms with Crippen molar-refractivity contribution in [2.24, 2.45) is 0 Å². The summed E-state index contributed by atoms with van der Waals surface area (Å²) in [5.74, 6) is 0. The Morgan fingerprint density at radius 1 is 0.688 bits per heavy atom. The van der Waals surface area contributed by atoms with Crippen LogP contribution in [0.2, 0.25) is 5.54 Å². The molecule has 0 amide bonds. The highest BCUT2D eigenvalue weighted by Gasteiger charge is 2.69. The molecule has 96 valence electrons. The van der Waals surface area contributed by atoms with Gasteiger partial charge in [-0.1, -0.05) is 32.1 Å². The summed E-state index contributed by atoms with van der Waals surface area (Å²) < 4.78 is 0. The number of hydrogen-bond acceptors (Lipinski definition) is 0. The highest BCUT2D eigenvalue weighted by atomic mass is 35.9. The predicted molar refractivity (Wildman–Crippen MR) is 85.1 cm³/mol. The van der Waals surface area contributed by atoms with Crippen LogP contribution in [0.25, 0.3) is 0 Å². The van der Waals surface area contributed by atoms with Crippen LogP contribution in [-0.4, -0.2) is 17.5 Å². The summed E-state index contributed by atoms with van der Waals surface area (Å²) in [5, 5.41) is 0. The van der Waals surface area contributed by atoms with E-state index in [1.807, 2.05) is 0 Å². The minimum Gasteiger partial charge on any atom is -0.146 e. The lowest BCUT2D eigenvalue weighted by Gasteiger charge is -2.38. The van der Waals surface area contributed by atoms with E-state index in [-0.39, 0.29) is 5.54 Å². The molecule has 0 saturated heterocycles. The minimum absolute atomic E-state index is 0.175. The van der Waals surface area contributed by atoms with Gasteiger partial charge in [0, 0.05) is 0 Å². The SMILES string of the molecule is Cl[Si](Cl)(Cl)[Si](Cl)(Cl)[Si](Cl)(Cl)C1CCCCC1. The molecule has 0 unspecified atom stereocenters. The summed E-state index contributed by atoms with van der Waals surface area (Å²) in [6, 6.07) is 0. The zero-order valence-electron chi connectivity index (χ0n) is 8.26. The Morgan fingerprint density at radius 3 is 1.50 bits per heavy atom. The fourth-order valence-electron chi connectivity index (χ4n) is 1.91. The molecule has 0 aromatic rings. The van der Waals surface area contributed by atoms with Gasteiger partial charge in [0.15, 0.2) is 0 Å². The molecule has 10 heteroatoms. The molecule has 0 radical (unpaired) electrons. The smallest absolute Gasteiger partial charge is 0.146 e. The first-order valence-electron chi connectivity index (χ1n) is 4.93. The van der Waals surface area contributed by atoms with E-state index < -0.39 is 17.5 Å². The van der Waals surface area contributed by atoms with Crippen molar-refractivity contribution in [2.75, 3.05) is 0 Å². The molecule has 0 nitrogen and oxygen atoms in total. The van der Waals surface area contributed by atoms with E-state index in [0.29, 0.717) is 0 Å². The van der Waals surface area contributed by atoms with Crippen molar-refractivity contribution < 1.29 is 0 Å². The maximum Gasteiger partial charge on any atom is 0.358 e. The summed E-state index contributed by atoms with van der Waals surface area (Å²) in [6.45, 7) is 0. The van der Waals surface area contributed by atoms with Crippen LogP contribution in [0.15, 0.2) is 0 Å². The van der Waals surface area contributed by atoms with Crippen LogP contribution in [0.4, 0.5) is 0 Å². The van der Waals surface area contributed by atoms with Crippen LogP contribution in [0, 0.1) is 0 Å². The van der Waals surface area contributed by atoms with Gasteiger partial charge in [-0.3, -0.25) is 0 Å². The van der Waals surface area contributed by atoms with Crippen molar-refractivity contribution in [1.29, 1.82) is 0 Å². The second kappa shape index (κ2) is 5.98. The summed E-state index contributed by atoms with van der Waals surface area (Å²) >= 11 is 43.4. The first kappa shape index (κ1) is 16.7. The van der Waals surface area contributed by atoms with Crippen LogP contribution >= 0.6 is 77.6 Å². The molecule has 0 bridgehead atoms. The Balaban J connectivity index is 2.90. The Labute approximate surface area is 131 Å². The predicted octanol–water partition coefficient (Wildman–Crippen LogP) is 5.97. The molecule has 1 saturated carbocycles. The number of halogens is 7. The van der Waals surface area contributed by atoms with E-state index in [2.05, 4.69) is 0 Å². The molecular formula is C6H11Cl7Si3. The normalized spacial score (nSPS) is 21.2. The molecular weight excluding hydrogens is 404 g/mol. The van der Waals surface area contributed by atoms with Crippen molar-refractivity contribution in [3.63, 3.8) is 0 Å². The van der Waals surface area contributed by atoms with E-state index in [1.165, 1.54) is 6.42 Å². The summed E-state index contributed by atoms with van der Waals surface area (Å²) in [5.41, 5.74) is -6.22. The van der Waals surface area contributed by atoms with Crippen molar-refractivity contribution in [3.8, 4) is 0 Å². The van der Waals surface area contributed by atoms with Crippen LogP contribution < -0.4 is 0 Å². The van der Waals surface area contributed by atoms with E-state index in [0.717, 1.165) is 25.7 Å². The van der Waals surface area contributed by atoms with E-state index in [1.54, 1.807) is 0 Å². The third-order valence-corrected chi connectivity index (χ3v) is 59.8. The van der Waals surface area contributed by atoms with Crippen molar-refractivity contribution >= 4 is 95.0 Å². The fourth-order valence-corrected chi connectivity index (χ4v) is 44.4. The molecule has 0 aromatic carbocycles. The van der Waals surface area contributed by atoms with Gasteiger partial charge in [0.1, 0.15) is 0 Å². The standard InChI is InChI=1S/C6H11Cl7Si3/c7-14(8,6-4-2-1-3-5-6)16(12,13)15(9,10)11/h6H,1-5H2. The first-order chi connectivity index (χ1) is 7.11. The number of hydrogen-bond donors (Lipinski definition) is 0. The molecule has 1 aliphatic carbocycles. The summed E-state index contributed by atoms with van der Waals surface area (Å²) in [6.07, 6.45) is 2.46. The van der Waals surface area contributed by atoms with Gasteiger partial charge < -0.3 is 0 Å². The molecule has 0 heterocycles. The molecule has 0 N–H and O–H groups in total. The first-order valence-corrected chi connectivity index (χ1v) is 20.1. The Kier molecular flexibility index (Phi) is 6.26. The van der Waals surface area contributed by atoms with Gasteiger partial charge in [0.2, 0.25) is 0 Å². The molecule has 0 atom stereocenters. The second-order valence-electron chi connectivity index (χ2n) is 4.03. The molecule has 16 heavy (non-hydrogen) atoms. The van der Waals surface area contributed by atoms with Gasteiger partial charge >= 0.3 is 11.2 Å². The molecule has 1 rings (SSSR count). The zero-order chi connectivity index (χ0) is 12.6. The van der Waals surface area contributed by atoms with Gasteiger partial charge in [-0.05, 0) is 5.54 Å². The maximum absolute atomic E-state index is 6.47. The van der Waals surface area contributed by atoms with E-state index in [9.17, 15) is 0 Å². The van der Waals surface area contributed by atoms with Crippen molar-refractivity contribution in [2.45, 2.75) is 37.6 Å². The van der Waals surface area contributed by atoms with Gasteiger partial charge in [0.25, 0.3) is 6.21 Å². The quantitative estimate of drug-likeness (QED) is 0.393.